The molecule has 1 saturated carbocycles. The topological polar surface area (TPSA) is 89.9 Å². The number of amides is 2. The van der Waals surface area contributed by atoms with E-state index >= 15 is 0 Å². The van der Waals surface area contributed by atoms with E-state index in [4.69, 9.17) is 0 Å². The number of nitrogens with one attached hydrogen (secondary N) is 1. The number of benzene rings is 1. The summed E-state index contributed by atoms with van der Waals surface area (Å²) in [5.74, 6) is -0.301. The van der Waals surface area contributed by atoms with Crippen molar-refractivity contribution in [2.24, 2.45) is 5.92 Å². The van der Waals surface area contributed by atoms with E-state index in [1.165, 1.54) is 18.6 Å². The van der Waals surface area contributed by atoms with Crippen molar-refractivity contribution < 1.29 is 19.8 Å². The molecule has 0 aromatic heterocycles. The third kappa shape index (κ3) is 5.02. The van der Waals surface area contributed by atoms with E-state index < -0.39 is 6.04 Å². The molecule has 1 aliphatic heterocycles. The maximum Gasteiger partial charge on any atom is 0.245 e. The van der Waals surface area contributed by atoms with Gasteiger partial charge in [-0.3, -0.25) is 9.59 Å². The highest BCUT2D eigenvalue weighted by Crippen LogP contribution is 2.28. The third-order valence-corrected chi connectivity index (χ3v) is 5.51. The van der Waals surface area contributed by atoms with Crippen LogP contribution in [0.2, 0.25) is 0 Å². The summed E-state index contributed by atoms with van der Waals surface area (Å²) in [6, 6.07) is 4.10. The molecular formula is C21H28N2O4. The summed E-state index contributed by atoms with van der Waals surface area (Å²) in [5, 5.41) is 21.9. The lowest BCUT2D eigenvalue weighted by Crippen LogP contribution is -2.52. The molecule has 27 heavy (non-hydrogen) atoms. The second-order valence-corrected chi connectivity index (χ2v) is 7.48. The Kier molecular flexibility index (Phi) is 6.37. The van der Waals surface area contributed by atoms with Gasteiger partial charge in [-0.05, 0) is 42.9 Å². The Balaban J connectivity index is 1.60. The van der Waals surface area contributed by atoms with Crippen molar-refractivity contribution in [1.82, 2.24) is 10.2 Å². The zero-order valence-electron chi connectivity index (χ0n) is 15.6. The van der Waals surface area contributed by atoms with Crippen LogP contribution in [0, 0.1) is 5.92 Å². The minimum absolute atomic E-state index is 0.0162. The minimum Gasteiger partial charge on any atom is -0.504 e. The van der Waals surface area contributed by atoms with Gasteiger partial charge in [0.05, 0.1) is 0 Å². The van der Waals surface area contributed by atoms with Gasteiger partial charge in [-0.1, -0.05) is 37.5 Å². The Hall–Kier alpha value is -2.50. The van der Waals surface area contributed by atoms with Crippen molar-refractivity contribution in [2.45, 2.75) is 51.0 Å². The Morgan fingerprint density at radius 1 is 1.07 bits per heavy atom. The van der Waals surface area contributed by atoms with Crippen molar-refractivity contribution in [3.63, 3.8) is 0 Å². The van der Waals surface area contributed by atoms with Gasteiger partial charge < -0.3 is 20.4 Å². The Morgan fingerprint density at radius 2 is 1.78 bits per heavy atom. The fourth-order valence-electron chi connectivity index (χ4n) is 3.93. The van der Waals surface area contributed by atoms with Crippen molar-refractivity contribution in [1.29, 1.82) is 0 Å². The van der Waals surface area contributed by atoms with E-state index in [0.717, 1.165) is 31.2 Å². The highest BCUT2D eigenvalue weighted by atomic mass is 16.3. The SMILES string of the molecule is O=C(CCc1ccc(O)c(O)c1)NC(C(=O)N1CC=CC1)C1CCCCC1. The molecule has 1 aromatic rings. The molecule has 6 heteroatoms. The lowest BCUT2D eigenvalue weighted by Gasteiger charge is -2.32. The van der Waals surface area contributed by atoms with Crippen LogP contribution >= 0.6 is 0 Å². The number of aromatic hydroxyl groups is 2. The van der Waals surface area contributed by atoms with Crippen molar-refractivity contribution in [3.05, 3.63) is 35.9 Å². The number of hydrogen-bond donors (Lipinski definition) is 3. The summed E-state index contributed by atoms with van der Waals surface area (Å²) in [6.45, 7) is 1.23. The first-order chi connectivity index (χ1) is 13.0. The molecule has 2 amide bonds. The monoisotopic (exact) mass is 372 g/mol. The van der Waals surface area contributed by atoms with E-state index in [1.807, 2.05) is 12.2 Å². The molecule has 146 valence electrons. The van der Waals surface area contributed by atoms with Gasteiger partial charge in [-0.25, -0.2) is 0 Å². The Bertz CT molecular complexity index is 702. The molecule has 3 N–H and O–H groups in total. The smallest absolute Gasteiger partial charge is 0.245 e. The normalized spacial score (nSPS) is 18.4. The van der Waals surface area contributed by atoms with Gasteiger partial charge in [0.15, 0.2) is 11.5 Å². The average molecular weight is 372 g/mol. The van der Waals surface area contributed by atoms with Crippen LogP contribution in [0.5, 0.6) is 11.5 Å². The van der Waals surface area contributed by atoms with Crippen LogP contribution < -0.4 is 5.32 Å². The first-order valence-corrected chi connectivity index (χ1v) is 9.78. The molecule has 0 saturated heterocycles. The second kappa shape index (κ2) is 8.93. The third-order valence-electron chi connectivity index (χ3n) is 5.51. The standard InChI is InChI=1S/C21H28N2O4/c24-17-10-8-15(14-18(17)25)9-11-19(26)22-20(16-6-2-1-3-7-16)21(27)23-12-4-5-13-23/h4-5,8,10,14,16,20,24-25H,1-3,6-7,9,11-13H2,(H,22,26). The van der Waals surface area contributed by atoms with Crippen LogP contribution in [-0.2, 0) is 16.0 Å². The van der Waals surface area contributed by atoms with E-state index in [1.54, 1.807) is 11.0 Å². The Morgan fingerprint density at radius 3 is 2.44 bits per heavy atom. The van der Waals surface area contributed by atoms with E-state index in [9.17, 15) is 19.8 Å². The maximum atomic E-state index is 12.9. The summed E-state index contributed by atoms with van der Waals surface area (Å²) in [6.07, 6.45) is 10.00. The Labute approximate surface area is 159 Å². The van der Waals surface area contributed by atoms with Crippen LogP contribution in [0.4, 0.5) is 0 Å². The molecule has 0 bridgehead atoms. The van der Waals surface area contributed by atoms with Crippen LogP contribution in [0.15, 0.2) is 30.4 Å². The fraction of sp³-hybridized carbons (Fsp3) is 0.524. The number of carbonyl (C=O) groups is 2. The quantitative estimate of drug-likeness (QED) is 0.529. The predicted molar refractivity (Wildman–Crippen MR) is 102 cm³/mol. The molecule has 1 heterocycles. The minimum atomic E-state index is -0.453. The van der Waals surface area contributed by atoms with Crippen LogP contribution in [0.1, 0.15) is 44.1 Å². The summed E-state index contributed by atoms with van der Waals surface area (Å²) in [4.78, 5) is 27.3. The van der Waals surface area contributed by atoms with Gasteiger partial charge >= 0.3 is 0 Å². The lowest BCUT2D eigenvalue weighted by molar-refractivity contribution is -0.137. The number of rotatable bonds is 6. The summed E-state index contributed by atoms with van der Waals surface area (Å²) < 4.78 is 0. The van der Waals surface area contributed by atoms with E-state index in [-0.39, 0.29) is 35.7 Å². The highest BCUT2D eigenvalue weighted by Gasteiger charge is 2.33. The van der Waals surface area contributed by atoms with E-state index in [0.29, 0.717) is 19.5 Å². The largest absolute Gasteiger partial charge is 0.504 e. The van der Waals surface area contributed by atoms with Crippen molar-refractivity contribution in [2.75, 3.05) is 13.1 Å². The second-order valence-electron chi connectivity index (χ2n) is 7.48. The highest BCUT2D eigenvalue weighted by molar-refractivity contribution is 5.88. The van der Waals surface area contributed by atoms with Crippen molar-refractivity contribution >= 4 is 11.8 Å². The summed E-state index contributed by atoms with van der Waals surface area (Å²) in [5.41, 5.74) is 0.768. The van der Waals surface area contributed by atoms with Crippen molar-refractivity contribution in [3.8, 4) is 11.5 Å². The lowest BCUT2D eigenvalue weighted by atomic mass is 9.83. The molecule has 6 nitrogen and oxygen atoms in total. The molecule has 0 radical (unpaired) electrons. The molecule has 1 atom stereocenters. The first kappa shape index (κ1) is 19.3. The number of nitrogens with zero attached hydrogens (tertiary/aromatic N) is 1. The molecule has 2 aliphatic rings. The number of phenols is 2. The van der Waals surface area contributed by atoms with Gasteiger partial charge in [0.1, 0.15) is 6.04 Å². The van der Waals surface area contributed by atoms with Gasteiger partial charge in [-0.2, -0.15) is 0 Å². The summed E-state index contributed by atoms with van der Waals surface area (Å²) >= 11 is 0. The molecule has 1 aliphatic carbocycles. The maximum absolute atomic E-state index is 12.9. The molecular weight excluding hydrogens is 344 g/mol. The van der Waals surface area contributed by atoms with Gasteiger partial charge in [-0.15, -0.1) is 0 Å². The molecule has 1 unspecified atom stereocenters. The molecule has 0 spiro atoms. The number of phenolic OH excluding ortho intramolecular Hbond substituents is 2. The fourth-order valence-corrected chi connectivity index (χ4v) is 3.93. The zero-order valence-corrected chi connectivity index (χ0v) is 15.6. The first-order valence-electron chi connectivity index (χ1n) is 9.78. The zero-order chi connectivity index (χ0) is 19.2. The number of carbonyl (C=O) groups excluding carboxylic acids is 2. The molecule has 1 fully saturated rings. The molecule has 1 aromatic carbocycles. The number of hydrogen-bond acceptors (Lipinski definition) is 4. The van der Waals surface area contributed by atoms with Crippen LogP contribution in [-0.4, -0.2) is 46.1 Å². The van der Waals surface area contributed by atoms with E-state index in [2.05, 4.69) is 5.32 Å². The van der Waals surface area contributed by atoms with Gasteiger partial charge in [0.25, 0.3) is 0 Å². The summed E-state index contributed by atoms with van der Waals surface area (Å²) in [7, 11) is 0. The van der Waals surface area contributed by atoms with Gasteiger partial charge in [0, 0.05) is 19.5 Å². The van der Waals surface area contributed by atoms with Gasteiger partial charge in [0.2, 0.25) is 11.8 Å². The molecule has 3 rings (SSSR count). The predicted octanol–water partition coefficient (Wildman–Crippen LogP) is 2.49. The average Bonchev–Trinajstić information content (AvgIpc) is 3.22. The van der Waals surface area contributed by atoms with Crippen LogP contribution in [0.3, 0.4) is 0 Å². The van der Waals surface area contributed by atoms with Crippen LogP contribution in [0.25, 0.3) is 0 Å². The number of aryl methyl sites for hydroxylation is 1.